The van der Waals surface area contributed by atoms with Crippen LogP contribution in [0.25, 0.3) is 5.65 Å². The quantitative estimate of drug-likeness (QED) is 0.518. The van der Waals surface area contributed by atoms with Crippen molar-refractivity contribution in [1.82, 2.24) is 19.5 Å². The van der Waals surface area contributed by atoms with Gasteiger partial charge in [-0.05, 0) is 62.4 Å². The molecule has 10 nitrogen and oxygen atoms in total. The topological polar surface area (TPSA) is 126 Å². The monoisotopic (exact) mass is 531 g/mol. The minimum Gasteiger partial charge on any atom is -0.353 e. The number of nitrogens with zero attached hydrogens (tertiary/aromatic N) is 5. The smallest absolute Gasteiger partial charge is 0.256 e. The van der Waals surface area contributed by atoms with Crippen molar-refractivity contribution >= 4 is 44.7 Å². The molecule has 1 amide bonds. The number of aryl methyl sites for hydroxylation is 1. The molecule has 3 N–H and O–H groups in total. The van der Waals surface area contributed by atoms with E-state index in [4.69, 9.17) is 27.4 Å². The molecule has 5 rings (SSSR count). The second kappa shape index (κ2) is 9.53. The number of imidazole rings is 1. The largest absolute Gasteiger partial charge is 0.353 e. The Morgan fingerprint density at radius 2 is 2.00 bits per heavy atom. The SMILES string of the molecule is Cc1cc2nc([C@@H]3CCCCN3C(=O)c3cc(Cl)ccc3NS(C)(=O)=O)cn2nc1N1CC[C@H](N)C1. The number of nitrogens with one attached hydrogen (secondary N) is 1. The summed E-state index contributed by atoms with van der Waals surface area (Å²) >= 11 is 6.19. The van der Waals surface area contributed by atoms with Gasteiger partial charge in [-0.1, -0.05) is 11.6 Å². The number of likely N-dealkylation sites (tertiary alicyclic amines) is 1. The lowest BCUT2D eigenvalue weighted by molar-refractivity contribution is 0.0607. The van der Waals surface area contributed by atoms with Gasteiger partial charge < -0.3 is 15.5 Å². The van der Waals surface area contributed by atoms with E-state index in [1.807, 2.05) is 19.2 Å². The number of carbonyl (C=O) groups is 1. The maximum atomic E-state index is 13.7. The number of piperidine rings is 1. The number of nitrogens with two attached hydrogens (primary N) is 1. The van der Waals surface area contributed by atoms with Gasteiger partial charge in [0, 0.05) is 30.7 Å². The molecule has 2 aromatic heterocycles. The molecule has 192 valence electrons. The van der Waals surface area contributed by atoms with Gasteiger partial charge in [0.05, 0.1) is 35.4 Å². The number of rotatable bonds is 5. The first-order chi connectivity index (χ1) is 17.1. The number of amides is 1. The van der Waals surface area contributed by atoms with E-state index >= 15 is 0 Å². The number of sulfonamides is 1. The number of aromatic nitrogens is 3. The third kappa shape index (κ3) is 5.00. The van der Waals surface area contributed by atoms with E-state index < -0.39 is 10.0 Å². The highest BCUT2D eigenvalue weighted by atomic mass is 35.5. The maximum Gasteiger partial charge on any atom is 0.256 e. The molecule has 0 radical (unpaired) electrons. The second-order valence-electron chi connectivity index (χ2n) is 9.69. The number of anilines is 2. The van der Waals surface area contributed by atoms with Crippen LogP contribution in [0.4, 0.5) is 11.5 Å². The maximum absolute atomic E-state index is 13.7. The van der Waals surface area contributed by atoms with E-state index in [1.165, 1.54) is 12.1 Å². The van der Waals surface area contributed by atoms with Gasteiger partial charge in [-0.15, -0.1) is 5.10 Å². The Bertz CT molecular complexity index is 1420. The van der Waals surface area contributed by atoms with Gasteiger partial charge in [0.1, 0.15) is 0 Å². The molecule has 1 aromatic carbocycles. The Hall–Kier alpha value is -2.89. The summed E-state index contributed by atoms with van der Waals surface area (Å²) in [5.74, 6) is 0.604. The normalized spacial score (nSPS) is 20.8. The summed E-state index contributed by atoms with van der Waals surface area (Å²) in [4.78, 5) is 22.5. The average molecular weight is 532 g/mol. The fourth-order valence-corrected chi connectivity index (χ4v) is 5.84. The molecular formula is C24H30ClN7O3S. The summed E-state index contributed by atoms with van der Waals surface area (Å²) in [6.07, 6.45) is 6.43. The standard InChI is InChI=1S/C24H30ClN7O3S/c1-15-11-22-27-20(14-32(22)28-23(15)30-10-8-17(26)13-30)21-5-3-4-9-31(21)24(33)18-12-16(25)6-7-19(18)29-36(2,34)35/h6-7,11-12,14,17,21,29H,3-5,8-10,13,26H2,1-2H3/t17-,21-/m0/s1. The van der Waals surface area contributed by atoms with Crippen LogP contribution in [0.1, 0.15) is 53.3 Å². The molecule has 0 spiro atoms. The zero-order chi connectivity index (χ0) is 25.6. The van der Waals surface area contributed by atoms with Crippen LogP contribution in [-0.2, 0) is 10.0 Å². The fourth-order valence-electron chi connectivity index (χ4n) is 5.09. The molecule has 2 atom stereocenters. The number of hydrogen-bond acceptors (Lipinski definition) is 7. The molecule has 4 heterocycles. The lowest BCUT2D eigenvalue weighted by atomic mass is 9.98. The van der Waals surface area contributed by atoms with Crippen LogP contribution in [0.15, 0.2) is 30.5 Å². The van der Waals surface area contributed by atoms with Crippen LogP contribution in [0.3, 0.4) is 0 Å². The Morgan fingerprint density at radius 3 is 2.72 bits per heavy atom. The fraction of sp³-hybridized carbons (Fsp3) is 0.458. The van der Waals surface area contributed by atoms with Crippen LogP contribution in [-0.4, -0.2) is 65.8 Å². The van der Waals surface area contributed by atoms with Gasteiger partial charge in [-0.2, -0.15) is 0 Å². The molecule has 3 aromatic rings. The summed E-state index contributed by atoms with van der Waals surface area (Å²) < 4.78 is 28.0. The average Bonchev–Trinajstić information content (AvgIpc) is 3.44. The van der Waals surface area contributed by atoms with Crippen molar-refractivity contribution < 1.29 is 13.2 Å². The Kier molecular flexibility index (Phi) is 6.56. The number of carbonyl (C=O) groups excluding carboxylic acids is 1. The van der Waals surface area contributed by atoms with E-state index in [2.05, 4.69) is 9.62 Å². The number of fused-ring (bicyclic) bond motifs is 1. The molecular weight excluding hydrogens is 502 g/mol. The summed E-state index contributed by atoms with van der Waals surface area (Å²) in [6.45, 7) is 4.20. The van der Waals surface area contributed by atoms with Crippen molar-refractivity contribution in [2.75, 3.05) is 35.5 Å². The predicted molar refractivity (Wildman–Crippen MR) is 140 cm³/mol. The third-order valence-corrected chi connectivity index (χ3v) is 7.60. The van der Waals surface area contributed by atoms with Crippen LogP contribution in [0, 0.1) is 6.92 Å². The lowest BCUT2D eigenvalue weighted by Gasteiger charge is -2.35. The highest BCUT2D eigenvalue weighted by molar-refractivity contribution is 7.92. The molecule has 2 aliphatic heterocycles. The summed E-state index contributed by atoms with van der Waals surface area (Å²) in [6, 6.07) is 6.47. The van der Waals surface area contributed by atoms with Crippen molar-refractivity contribution in [3.8, 4) is 0 Å². The highest BCUT2D eigenvalue weighted by Gasteiger charge is 2.32. The Balaban J connectivity index is 1.49. The molecule has 36 heavy (non-hydrogen) atoms. The zero-order valence-electron chi connectivity index (χ0n) is 20.3. The van der Waals surface area contributed by atoms with Crippen molar-refractivity contribution in [3.63, 3.8) is 0 Å². The van der Waals surface area contributed by atoms with Crippen LogP contribution < -0.4 is 15.4 Å². The van der Waals surface area contributed by atoms with Crippen LogP contribution in [0.2, 0.25) is 5.02 Å². The van der Waals surface area contributed by atoms with E-state index in [0.717, 1.165) is 67.8 Å². The minimum atomic E-state index is -3.58. The van der Waals surface area contributed by atoms with E-state index in [1.54, 1.807) is 15.5 Å². The van der Waals surface area contributed by atoms with Gasteiger partial charge in [0.25, 0.3) is 5.91 Å². The molecule has 0 unspecified atom stereocenters. The predicted octanol–water partition coefficient (Wildman–Crippen LogP) is 2.97. The number of benzene rings is 1. The minimum absolute atomic E-state index is 0.149. The molecule has 2 fully saturated rings. The lowest BCUT2D eigenvalue weighted by Crippen LogP contribution is -2.39. The molecule has 0 aliphatic carbocycles. The van der Waals surface area contributed by atoms with Crippen molar-refractivity contribution in [3.05, 3.63) is 52.3 Å². The van der Waals surface area contributed by atoms with Gasteiger partial charge in [-0.25, -0.2) is 17.9 Å². The molecule has 0 bridgehead atoms. The summed E-state index contributed by atoms with van der Waals surface area (Å²) in [5, 5.41) is 5.18. The first-order valence-corrected chi connectivity index (χ1v) is 14.3. The molecule has 0 saturated carbocycles. The molecule has 2 saturated heterocycles. The van der Waals surface area contributed by atoms with Gasteiger partial charge in [0.15, 0.2) is 11.5 Å². The summed E-state index contributed by atoms with van der Waals surface area (Å²) in [5.41, 5.74) is 9.02. The van der Waals surface area contributed by atoms with Crippen molar-refractivity contribution in [1.29, 1.82) is 0 Å². The van der Waals surface area contributed by atoms with Gasteiger partial charge >= 0.3 is 0 Å². The first-order valence-electron chi connectivity index (χ1n) is 12.0. The van der Waals surface area contributed by atoms with Crippen LogP contribution in [0.5, 0.6) is 0 Å². The molecule has 2 aliphatic rings. The van der Waals surface area contributed by atoms with E-state index in [0.29, 0.717) is 11.6 Å². The van der Waals surface area contributed by atoms with Crippen molar-refractivity contribution in [2.45, 2.75) is 44.7 Å². The zero-order valence-corrected chi connectivity index (χ0v) is 21.9. The second-order valence-corrected chi connectivity index (χ2v) is 11.9. The highest BCUT2D eigenvalue weighted by Crippen LogP contribution is 2.34. The Morgan fingerprint density at radius 1 is 1.19 bits per heavy atom. The van der Waals surface area contributed by atoms with Crippen molar-refractivity contribution in [2.24, 2.45) is 5.73 Å². The number of hydrogen-bond donors (Lipinski definition) is 2. The van der Waals surface area contributed by atoms with Gasteiger partial charge in [0.2, 0.25) is 10.0 Å². The first kappa shape index (κ1) is 24.8. The third-order valence-electron chi connectivity index (χ3n) is 6.77. The molecule has 12 heteroatoms. The number of halogens is 1. The van der Waals surface area contributed by atoms with Crippen LogP contribution >= 0.6 is 11.6 Å². The van der Waals surface area contributed by atoms with E-state index in [9.17, 15) is 13.2 Å². The van der Waals surface area contributed by atoms with Gasteiger partial charge in [-0.3, -0.25) is 9.52 Å². The summed E-state index contributed by atoms with van der Waals surface area (Å²) in [7, 11) is -3.58. The Labute approximate surface area is 215 Å². The van der Waals surface area contributed by atoms with E-state index in [-0.39, 0.29) is 29.2 Å².